The number of nitrogens with one attached hydrogen (secondary N) is 1. The van der Waals surface area contributed by atoms with E-state index < -0.39 is 5.97 Å². The Morgan fingerprint density at radius 1 is 1.39 bits per heavy atom. The topological polar surface area (TPSA) is 51.2 Å². The molecule has 1 aromatic carbocycles. The zero-order valence-corrected chi connectivity index (χ0v) is 10.4. The van der Waals surface area contributed by atoms with Crippen molar-refractivity contribution >= 4 is 28.9 Å². The normalized spacial score (nSPS) is 9.89. The molecule has 1 N–H and O–H groups in total. The van der Waals surface area contributed by atoms with E-state index in [1.165, 1.54) is 7.11 Å². The van der Waals surface area contributed by atoms with E-state index >= 15 is 0 Å². The van der Waals surface area contributed by atoms with Crippen LogP contribution in [0.2, 0.25) is 5.02 Å². The lowest BCUT2D eigenvalue weighted by atomic mass is 10.1. The molecule has 0 atom stereocenters. The molecular formula is C13H11ClN2O2. The Labute approximate surface area is 110 Å². The Morgan fingerprint density at radius 2 is 2.22 bits per heavy atom. The van der Waals surface area contributed by atoms with Crippen LogP contribution >= 0.6 is 11.6 Å². The Kier molecular flexibility index (Phi) is 3.79. The van der Waals surface area contributed by atoms with Gasteiger partial charge in [0.2, 0.25) is 0 Å². The maximum Gasteiger partial charge on any atom is 0.339 e. The number of carbonyl (C=O) groups excluding carboxylic acids is 1. The van der Waals surface area contributed by atoms with E-state index in [0.29, 0.717) is 16.3 Å². The Hall–Kier alpha value is -2.07. The van der Waals surface area contributed by atoms with Crippen molar-refractivity contribution in [3.05, 3.63) is 53.3 Å². The fourth-order valence-corrected chi connectivity index (χ4v) is 1.67. The van der Waals surface area contributed by atoms with Crippen LogP contribution in [0.1, 0.15) is 10.4 Å². The number of pyridine rings is 1. The molecule has 5 heteroatoms. The van der Waals surface area contributed by atoms with E-state index in [0.717, 1.165) is 5.69 Å². The van der Waals surface area contributed by atoms with Gasteiger partial charge in [-0.3, -0.25) is 4.98 Å². The van der Waals surface area contributed by atoms with Crippen LogP contribution in [0.25, 0.3) is 0 Å². The molecule has 0 saturated heterocycles. The molecule has 0 aliphatic carbocycles. The highest BCUT2D eigenvalue weighted by atomic mass is 35.5. The molecule has 0 amide bonds. The van der Waals surface area contributed by atoms with E-state index in [1.807, 2.05) is 6.07 Å². The lowest BCUT2D eigenvalue weighted by Gasteiger charge is -2.10. The number of benzene rings is 1. The third-order valence-corrected chi connectivity index (χ3v) is 2.56. The average molecular weight is 263 g/mol. The number of rotatable bonds is 3. The van der Waals surface area contributed by atoms with Crippen LogP contribution in [-0.2, 0) is 4.74 Å². The van der Waals surface area contributed by atoms with E-state index in [4.69, 9.17) is 16.3 Å². The number of carbonyl (C=O) groups is 1. The number of esters is 1. The van der Waals surface area contributed by atoms with Gasteiger partial charge in [-0.25, -0.2) is 4.79 Å². The van der Waals surface area contributed by atoms with Crippen molar-refractivity contribution < 1.29 is 9.53 Å². The molecule has 0 unspecified atom stereocenters. The highest BCUT2D eigenvalue weighted by molar-refractivity contribution is 6.31. The number of ether oxygens (including phenoxy) is 1. The predicted octanol–water partition coefficient (Wildman–Crippen LogP) is 3.27. The number of anilines is 2. The molecule has 0 spiro atoms. The van der Waals surface area contributed by atoms with Crippen LogP contribution in [0, 0.1) is 0 Å². The molecule has 4 nitrogen and oxygen atoms in total. The zero-order valence-electron chi connectivity index (χ0n) is 9.68. The molecule has 18 heavy (non-hydrogen) atoms. The second kappa shape index (κ2) is 5.51. The molecule has 2 rings (SSSR count). The minimum atomic E-state index is -0.418. The standard InChI is InChI=1S/C13H11ClN2O2/c1-18-13(17)11-5-4-9(14)7-12(11)16-10-3-2-6-15-8-10/h2-8,16H,1H3. The molecule has 0 bridgehead atoms. The number of aromatic nitrogens is 1. The van der Waals surface area contributed by atoms with Gasteiger partial charge in [0.25, 0.3) is 0 Å². The monoisotopic (exact) mass is 262 g/mol. The summed E-state index contributed by atoms with van der Waals surface area (Å²) in [7, 11) is 1.34. The fourth-order valence-electron chi connectivity index (χ4n) is 1.50. The van der Waals surface area contributed by atoms with Crippen LogP contribution in [0.3, 0.4) is 0 Å². The summed E-state index contributed by atoms with van der Waals surface area (Å²) < 4.78 is 4.72. The molecule has 0 aliphatic rings. The van der Waals surface area contributed by atoms with Crippen LogP contribution in [0.15, 0.2) is 42.7 Å². The highest BCUT2D eigenvalue weighted by Gasteiger charge is 2.12. The predicted molar refractivity (Wildman–Crippen MR) is 70.3 cm³/mol. The minimum Gasteiger partial charge on any atom is -0.465 e. The number of hydrogen-bond acceptors (Lipinski definition) is 4. The van der Waals surface area contributed by atoms with Crippen LogP contribution in [0.5, 0.6) is 0 Å². The number of hydrogen-bond donors (Lipinski definition) is 1. The van der Waals surface area contributed by atoms with Gasteiger partial charge in [-0.2, -0.15) is 0 Å². The van der Waals surface area contributed by atoms with Gasteiger partial charge in [-0.1, -0.05) is 11.6 Å². The van der Waals surface area contributed by atoms with Gasteiger partial charge in [0.15, 0.2) is 0 Å². The largest absolute Gasteiger partial charge is 0.465 e. The molecular weight excluding hydrogens is 252 g/mol. The third-order valence-electron chi connectivity index (χ3n) is 2.33. The Balaban J connectivity index is 2.36. The second-order valence-corrected chi connectivity index (χ2v) is 3.98. The second-order valence-electron chi connectivity index (χ2n) is 3.55. The number of halogens is 1. The third kappa shape index (κ3) is 2.78. The lowest BCUT2D eigenvalue weighted by Crippen LogP contribution is -2.05. The molecule has 0 saturated carbocycles. The number of nitrogens with zero attached hydrogens (tertiary/aromatic N) is 1. The first-order valence-electron chi connectivity index (χ1n) is 5.25. The molecule has 0 radical (unpaired) electrons. The zero-order chi connectivity index (χ0) is 13.0. The summed E-state index contributed by atoms with van der Waals surface area (Å²) in [6.45, 7) is 0. The SMILES string of the molecule is COC(=O)c1ccc(Cl)cc1Nc1cccnc1. The highest BCUT2D eigenvalue weighted by Crippen LogP contribution is 2.25. The summed E-state index contributed by atoms with van der Waals surface area (Å²) in [4.78, 5) is 15.6. The van der Waals surface area contributed by atoms with E-state index in [2.05, 4.69) is 10.3 Å². The molecule has 92 valence electrons. The van der Waals surface area contributed by atoms with Crippen molar-refractivity contribution in [1.82, 2.24) is 4.98 Å². The van der Waals surface area contributed by atoms with Gasteiger partial charge in [0.1, 0.15) is 0 Å². The summed E-state index contributed by atoms with van der Waals surface area (Å²) in [5.74, 6) is -0.418. The first kappa shape index (κ1) is 12.4. The number of methoxy groups -OCH3 is 1. The van der Waals surface area contributed by atoms with Crippen molar-refractivity contribution in [3.63, 3.8) is 0 Å². The van der Waals surface area contributed by atoms with Crippen molar-refractivity contribution in [2.24, 2.45) is 0 Å². The van der Waals surface area contributed by atoms with Crippen molar-refractivity contribution in [3.8, 4) is 0 Å². The average Bonchev–Trinajstić information content (AvgIpc) is 2.39. The van der Waals surface area contributed by atoms with Crippen molar-refractivity contribution in [2.45, 2.75) is 0 Å². The molecule has 2 aromatic rings. The molecule has 0 fully saturated rings. The van der Waals surface area contributed by atoms with Crippen LogP contribution in [-0.4, -0.2) is 18.1 Å². The van der Waals surface area contributed by atoms with Crippen LogP contribution in [0.4, 0.5) is 11.4 Å². The van der Waals surface area contributed by atoms with Gasteiger partial charge in [0, 0.05) is 11.2 Å². The van der Waals surface area contributed by atoms with Gasteiger partial charge in [-0.15, -0.1) is 0 Å². The van der Waals surface area contributed by atoms with Gasteiger partial charge in [0.05, 0.1) is 30.2 Å². The van der Waals surface area contributed by atoms with Gasteiger partial charge in [-0.05, 0) is 30.3 Å². The summed E-state index contributed by atoms with van der Waals surface area (Å²) in [5, 5.41) is 3.62. The Bertz CT molecular complexity index is 558. The van der Waals surface area contributed by atoms with Gasteiger partial charge >= 0.3 is 5.97 Å². The summed E-state index contributed by atoms with van der Waals surface area (Å²) in [5.41, 5.74) is 1.78. The first-order chi connectivity index (χ1) is 8.70. The molecule has 1 aromatic heterocycles. The summed E-state index contributed by atoms with van der Waals surface area (Å²) in [6.07, 6.45) is 3.33. The van der Waals surface area contributed by atoms with E-state index in [1.54, 1.807) is 36.7 Å². The van der Waals surface area contributed by atoms with Crippen LogP contribution < -0.4 is 5.32 Å². The van der Waals surface area contributed by atoms with E-state index in [9.17, 15) is 4.79 Å². The Morgan fingerprint density at radius 3 is 2.89 bits per heavy atom. The maximum atomic E-state index is 11.6. The summed E-state index contributed by atoms with van der Waals surface area (Å²) in [6, 6.07) is 8.57. The van der Waals surface area contributed by atoms with E-state index in [-0.39, 0.29) is 0 Å². The smallest absolute Gasteiger partial charge is 0.339 e. The molecule has 1 heterocycles. The first-order valence-corrected chi connectivity index (χ1v) is 5.63. The minimum absolute atomic E-state index is 0.418. The van der Waals surface area contributed by atoms with Crippen molar-refractivity contribution in [1.29, 1.82) is 0 Å². The summed E-state index contributed by atoms with van der Waals surface area (Å²) >= 11 is 5.92. The molecule has 0 aliphatic heterocycles. The van der Waals surface area contributed by atoms with Crippen molar-refractivity contribution in [2.75, 3.05) is 12.4 Å². The fraction of sp³-hybridized carbons (Fsp3) is 0.0769. The quantitative estimate of drug-likeness (QED) is 0.863. The van der Waals surface area contributed by atoms with Gasteiger partial charge < -0.3 is 10.1 Å². The lowest BCUT2D eigenvalue weighted by molar-refractivity contribution is 0.0602. The maximum absolute atomic E-state index is 11.6.